The number of hydrogen-bond donors (Lipinski definition) is 2. The fourth-order valence-corrected chi connectivity index (χ4v) is 3.78. The highest BCUT2D eigenvalue weighted by molar-refractivity contribution is 8.26. The molecule has 0 bridgehead atoms. The Kier molecular flexibility index (Phi) is 6.53. The number of para-hydroxylation sites is 1. The van der Waals surface area contributed by atoms with E-state index < -0.39 is 24.4 Å². The summed E-state index contributed by atoms with van der Waals surface area (Å²) in [6, 6.07) is 13.1. The molecule has 1 aliphatic heterocycles. The van der Waals surface area contributed by atoms with Crippen molar-refractivity contribution in [2.45, 2.75) is 0 Å². The first kappa shape index (κ1) is 20.8. The van der Waals surface area contributed by atoms with Crippen LogP contribution in [0.2, 0.25) is 5.02 Å². The Hall–Kier alpha value is -2.88. The van der Waals surface area contributed by atoms with Gasteiger partial charge < -0.3 is 9.84 Å². The zero-order chi connectivity index (χ0) is 21.0. The molecule has 7 nitrogen and oxygen atoms in total. The normalized spacial score (nSPS) is 14.9. The molecule has 2 amide bonds. The fourth-order valence-electron chi connectivity index (χ4n) is 2.38. The van der Waals surface area contributed by atoms with Gasteiger partial charge in [-0.3, -0.25) is 15.0 Å². The number of ether oxygens (including phenoxy) is 1. The van der Waals surface area contributed by atoms with Gasteiger partial charge in [0.05, 0.1) is 15.5 Å². The molecule has 0 radical (unpaired) electrons. The molecule has 2 N–H and O–H groups in total. The van der Waals surface area contributed by atoms with Gasteiger partial charge in [0.1, 0.15) is 5.75 Å². The first-order chi connectivity index (χ1) is 13.9. The number of thioether (sulfide) groups is 1. The van der Waals surface area contributed by atoms with Gasteiger partial charge in [0, 0.05) is 5.56 Å². The molecule has 1 fully saturated rings. The quantitative estimate of drug-likeness (QED) is 0.516. The lowest BCUT2D eigenvalue weighted by Crippen LogP contribution is -2.44. The second kappa shape index (κ2) is 9.08. The number of hydrazine groups is 1. The molecule has 2 aromatic carbocycles. The Morgan fingerprint density at radius 3 is 2.62 bits per heavy atom. The van der Waals surface area contributed by atoms with Crippen molar-refractivity contribution >= 4 is 63.8 Å². The fraction of sp³-hybridized carbons (Fsp3) is 0.0526. The summed E-state index contributed by atoms with van der Waals surface area (Å²) in [5, 5.41) is 10.0. The van der Waals surface area contributed by atoms with Gasteiger partial charge in [-0.25, -0.2) is 4.79 Å². The summed E-state index contributed by atoms with van der Waals surface area (Å²) in [6.45, 7) is -0.514. The van der Waals surface area contributed by atoms with E-state index in [2.05, 4.69) is 5.43 Å². The lowest BCUT2D eigenvalue weighted by Gasteiger charge is -2.16. The Bertz CT molecular complexity index is 1040. The number of aliphatic carboxylic acids is 1. The van der Waals surface area contributed by atoms with E-state index >= 15 is 0 Å². The molecule has 0 saturated carbocycles. The Balaban J connectivity index is 1.80. The van der Waals surface area contributed by atoms with E-state index in [1.807, 2.05) is 0 Å². The van der Waals surface area contributed by atoms with Crippen molar-refractivity contribution in [2.75, 3.05) is 6.61 Å². The minimum absolute atomic E-state index is 0.144. The Labute approximate surface area is 180 Å². The van der Waals surface area contributed by atoms with Gasteiger partial charge in [-0.05, 0) is 36.5 Å². The van der Waals surface area contributed by atoms with Crippen molar-refractivity contribution < 1.29 is 24.2 Å². The van der Waals surface area contributed by atoms with Crippen molar-refractivity contribution in [3.05, 3.63) is 69.6 Å². The van der Waals surface area contributed by atoms with E-state index in [9.17, 15) is 14.4 Å². The van der Waals surface area contributed by atoms with Gasteiger partial charge in [0.15, 0.2) is 10.9 Å². The molecule has 0 unspecified atom stereocenters. The van der Waals surface area contributed by atoms with Crippen LogP contribution in [0.15, 0.2) is 53.4 Å². The molecule has 0 aliphatic carbocycles. The van der Waals surface area contributed by atoms with Gasteiger partial charge in [-0.2, -0.15) is 5.01 Å². The van der Waals surface area contributed by atoms with Crippen LogP contribution in [0, 0.1) is 0 Å². The number of carbonyl (C=O) groups excluding carboxylic acids is 2. The number of carbonyl (C=O) groups is 3. The number of nitrogens with one attached hydrogen (secondary N) is 1. The molecule has 0 aromatic heterocycles. The Morgan fingerprint density at radius 1 is 1.21 bits per heavy atom. The minimum Gasteiger partial charge on any atom is -0.481 e. The van der Waals surface area contributed by atoms with E-state index in [0.717, 1.165) is 16.8 Å². The smallest absolute Gasteiger partial charge is 0.341 e. The zero-order valence-corrected chi connectivity index (χ0v) is 17.0. The topological polar surface area (TPSA) is 95.9 Å². The lowest BCUT2D eigenvalue weighted by atomic mass is 10.2. The largest absolute Gasteiger partial charge is 0.481 e. The van der Waals surface area contributed by atoms with Crippen LogP contribution >= 0.6 is 35.6 Å². The van der Waals surface area contributed by atoms with Gasteiger partial charge in [0.25, 0.3) is 11.8 Å². The monoisotopic (exact) mass is 448 g/mol. The van der Waals surface area contributed by atoms with E-state index in [1.165, 1.54) is 12.1 Å². The number of hydrogen-bond acceptors (Lipinski definition) is 6. The molecule has 3 rings (SSSR count). The first-order valence-corrected chi connectivity index (χ1v) is 9.74. The molecule has 1 heterocycles. The van der Waals surface area contributed by atoms with E-state index in [-0.39, 0.29) is 19.8 Å². The predicted octanol–water partition coefficient (Wildman–Crippen LogP) is 3.35. The molecular formula is C19H13ClN2O5S2. The van der Waals surface area contributed by atoms with Crippen LogP contribution in [-0.4, -0.2) is 38.8 Å². The average Bonchev–Trinajstić information content (AvgIpc) is 2.95. The molecule has 1 saturated heterocycles. The highest BCUT2D eigenvalue weighted by atomic mass is 35.5. The molecule has 2 aromatic rings. The lowest BCUT2D eigenvalue weighted by molar-refractivity contribution is -0.139. The Morgan fingerprint density at radius 2 is 1.90 bits per heavy atom. The molecule has 0 spiro atoms. The van der Waals surface area contributed by atoms with Gasteiger partial charge >= 0.3 is 5.97 Å². The number of halogens is 1. The highest BCUT2D eigenvalue weighted by Gasteiger charge is 2.34. The SMILES string of the molecule is O=C(O)COc1ccccc1/C=C1/SC(=S)N(NC(=O)c2ccccc2Cl)C1=O. The maximum absolute atomic E-state index is 12.7. The summed E-state index contributed by atoms with van der Waals surface area (Å²) in [7, 11) is 0. The number of benzene rings is 2. The summed E-state index contributed by atoms with van der Waals surface area (Å²) in [6.07, 6.45) is 1.53. The number of rotatable bonds is 6. The predicted molar refractivity (Wildman–Crippen MR) is 114 cm³/mol. The van der Waals surface area contributed by atoms with E-state index in [4.69, 9.17) is 33.7 Å². The number of carboxylic acid groups (broad SMARTS) is 1. The zero-order valence-electron chi connectivity index (χ0n) is 14.6. The maximum atomic E-state index is 12.7. The summed E-state index contributed by atoms with van der Waals surface area (Å²) < 4.78 is 5.38. The van der Waals surface area contributed by atoms with Crippen molar-refractivity contribution in [3.8, 4) is 5.75 Å². The summed E-state index contributed by atoms with van der Waals surface area (Å²) in [5.41, 5.74) is 3.17. The van der Waals surface area contributed by atoms with Crippen LogP contribution < -0.4 is 10.2 Å². The summed E-state index contributed by atoms with van der Waals surface area (Å²) in [4.78, 5) is 36.1. The van der Waals surface area contributed by atoms with E-state index in [1.54, 1.807) is 42.5 Å². The second-order valence-corrected chi connectivity index (χ2v) is 7.74. The van der Waals surface area contributed by atoms with Crippen molar-refractivity contribution in [2.24, 2.45) is 0 Å². The van der Waals surface area contributed by atoms with Crippen LogP contribution in [-0.2, 0) is 9.59 Å². The van der Waals surface area contributed by atoms with Gasteiger partial charge in [-0.15, -0.1) is 0 Å². The number of nitrogens with zero attached hydrogens (tertiary/aromatic N) is 1. The molecule has 0 atom stereocenters. The average molecular weight is 449 g/mol. The second-order valence-electron chi connectivity index (χ2n) is 5.66. The minimum atomic E-state index is -1.12. The third-order valence-electron chi connectivity index (χ3n) is 3.68. The van der Waals surface area contributed by atoms with Crippen LogP contribution in [0.25, 0.3) is 6.08 Å². The van der Waals surface area contributed by atoms with Crippen LogP contribution in [0.3, 0.4) is 0 Å². The van der Waals surface area contributed by atoms with E-state index in [0.29, 0.717) is 11.3 Å². The molecular weight excluding hydrogens is 436 g/mol. The number of amides is 2. The number of carboxylic acids is 1. The van der Waals surface area contributed by atoms with Crippen LogP contribution in [0.5, 0.6) is 5.75 Å². The number of thiocarbonyl (C=S) groups is 1. The van der Waals surface area contributed by atoms with Crippen LogP contribution in [0.1, 0.15) is 15.9 Å². The summed E-state index contributed by atoms with van der Waals surface area (Å²) >= 11 is 12.2. The molecule has 1 aliphatic rings. The van der Waals surface area contributed by atoms with Crippen molar-refractivity contribution in [1.82, 2.24) is 10.4 Å². The van der Waals surface area contributed by atoms with Crippen molar-refractivity contribution in [1.29, 1.82) is 0 Å². The molecule has 10 heteroatoms. The third-order valence-corrected chi connectivity index (χ3v) is 5.31. The first-order valence-electron chi connectivity index (χ1n) is 8.14. The van der Waals surface area contributed by atoms with Gasteiger partial charge in [0.2, 0.25) is 0 Å². The van der Waals surface area contributed by atoms with Crippen molar-refractivity contribution in [3.63, 3.8) is 0 Å². The third kappa shape index (κ3) is 4.94. The standard InChI is InChI=1S/C19H13ClN2O5S2/c20-13-7-3-2-6-12(13)17(25)21-22-18(26)15(29-19(22)28)9-11-5-1-4-8-14(11)27-10-16(23)24/h1-9H,10H2,(H,21,25)(H,23,24)/b15-9+. The molecule has 148 valence electrons. The van der Waals surface area contributed by atoms with Crippen LogP contribution in [0.4, 0.5) is 0 Å². The summed E-state index contributed by atoms with van der Waals surface area (Å²) in [5.74, 6) is -1.90. The van der Waals surface area contributed by atoms with Gasteiger partial charge in [-0.1, -0.05) is 53.7 Å². The highest BCUT2D eigenvalue weighted by Crippen LogP contribution is 2.33. The molecule has 29 heavy (non-hydrogen) atoms. The maximum Gasteiger partial charge on any atom is 0.341 e.